The molecule has 0 saturated carbocycles. The molecule has 3 aromatic rings. The van der Waals surface area contributed by atoms with Crippen LogP contribution in [0.1, 0.15) is 18.2 Å². The average molecular weight is 292 g/mol. The van der Waals surface area contributed by atoms with Gasteiger partial charge >= 0.3 is 0 Å². The zero-order valence-corrected chi connectivity index (χ0v) is 13.0. The lowest BCUT2D eigenvalue weighted by molar-refractivity contribution is 0.247. The lowest BCUT2D eigenvalue weighted by Gasteiger charge is -2.25. The number of para-hydroxylation sites is 1. The number of nitrogens with zero attached hydrogens (tertiary/aromatic N) is 4. The van der Waals surface area contributed by atoms with Gasteiger partial charge in [0, 0.05) is 49.2 Å². The van der Waals surface area contributed by atoms with Gasteiger partial charge in [0.25, 0.3) is 0 Å². The number of hydrogen-bond acceptors (Lipinski definition) is 4. The number of fused-ring (bicyclic) bond motifs is 1. The Morgan fingerprint density at radius 3 is 2.73 bits per heavy atom. The molecule has 0 aliphatic heterocycles. The molecule has 0 bridgehead atoms. The molecule has 0 radical (unpaired) electrons. The van der Waals surface area contributed by atoms with Crippen LogP contribution in [0, 0.1) is 0 Å². The molecule has 4 heteroatoms. The van der Waals surface area contributed by atoms with E-state index in [4.69, 9.17) is 0 Å². The van der Waals surface area contributed by atoms with Gasteiger partial charge in [-0.3, -0.25) is 19.9 Å². The fourth-order valence-corrected chi connectivity index (χ4v) is 2.61. The van der Waals surface area contributed by atoms with Gasteiger partial charge in [-0.25, -0.2) is 0 Å². The normalized spacial score (nSPS) is 12.7. The molecule has 4 nitrogen and oxygen atoms in total. The summed E-state index contributed by atoms with van der Waals surface area (Å²) in [6, 6.07) is 10.8. The van der Waals surface area contributed by atoms with Gasteiger partial charge in [-0.2, -0.15) is 0 Å². The molecule has 0 aliphatic rings. The lowest BCUT2D eigenvalue weighted by atomic mass is 10.1. The summed E-state index contributed by atoms with van der Waals surface area (Å²) in [4.78, 5) is 15.3. The third-order valence-electron chi connectivity index (χ3n) is 4.03. The van der Waals surface area contributed by atoms with Crippen molar-refractivity contribution in [2.45, 2.75) is 25.9 Å². The number of benzene rings is 1. The van der Waals surface area contributed by atoms with E-state index in [2.05, 4.69) is 58.1 Å². The summed E-state index contributed by atoms with van der Waals surface area (Å²) in [5.74, 6) is 0. The largest absolute Gasteiger partial charge is 0.299 e. The first kappa shape index (κ1) is 14.6. The molecule has 1 atom stereocenters. The monoisotopic (exact) mass is 292 g/mol. The molecular weight excluding hydrogens is 272 g/mol. The van der Waals surface area contributed by atoms with Crippen LogP contribution in [-0.4, -0.2) is 32.9 Å². The van der Waals surface area contributed by atoms with E-state index in [0.29, 0.717) is 6.04 Å². The quantitative estimate of drug-likeness (QED) is 0.724. The summed E-state index contributed by atoms with van der Waals surface area (Å²) in [5, 5.41) is 1.23. The molecule has 3 rings (SSSR count). The first-order chi connectivity index (χ1) is 10.7. The first-order valence-corrected chi connectivity index (χ1v) is 7.52. The topological polar surface area (TPSA) is 41.9 Å². The minimum Gasteiger partial charge on any atom is -0.299 e. The van der Waals surface area contributed by atoms with Crippen molar-refractivity contribution in [3.05, 3.63) is 66.4 Å². The number of pyridine rings is 1. The van der Waals surface area contributed by atoms with Gasteiger partial charge in [0.1, 0.15) is 0 Å². The molecule has 0 saturated heterocycles. The van der Waals surface area contributed by atoms with Crippen molar-refractivity contribution in [2.75, 3.05) is 7.05 Å². The highest BCUT2D eigenvalue weighted by Gasteiger charge is 2.12. The lowest BCUT2D eigenvalue weighted by Crippen LogP contribution is -2.30. The van der Waals surface area contributed by atoms with E-state index in [0.717, 1.165) is 24.2 Å². The summed E-state index contributed by atoms with van der Waals surface area (Å²) in [6.45, 7) is 3.11. The Morgan fingerprint density at radius 1 is 1.05 bits per heavy atom. The Hall–Kier alpha value is -2.33. The predicted molar refractivity (Wildman–Crippen MR) is 88.4 cm³/mol. The van der Waals surface area contributed by atoms with E-state index in [1.54, 1.807) is 12.4 Å². The van der Waals surface area contributed by atoms with Crippen molar-refractivity contribution < 1.29 is 0 Å². The fourth-order valence-electron chi connectivity index (χ4n) is 2.61. The molecule has 1 aromatic carbocycles. The molecule has 2 heterocycles. The molecule has 22 heavy (non-hydrogen) atoms. The standard InChI is InChI=1S/C18H20N4/c1-14(11-16-12-19-9-10-20-16)22(2)13-15-7-8-21-18-6-4-3-5-17(15)18/h3-10,12,14H,11,13H2,1-2H3/t14-/m0/s1. The van der Waals surface area contributed by atoms with Crippen LogP contribution in [0.3, 0.4) is 0 Å². The molecule has 0 spiro atoms. The second-order valence-electron chi connectivity index (χ2n) is 5.65. The highest BCUT2D eigenvalue weighted by Crippen LogP contribution is 2.18. The summed E-state index contributed by atoms with van der Waals surface area (Å²) >= 11 is 0. The van der Waals surface area contributed by atoms with Crippen LogP contribution in [0.5, 0.6) is 0 Å². The highest BCUT2D eigenvalue weighted by molar-refractivity contribution is 5.81. The van der Waals surface area contributed by atoms with Gasteiger partial charge in [-0.05, 0) is 31.7 Å². The van der Waals surface area contributed by atoms with E-state index >= 15 is 0 Å². The maximum atomic E-state index is 4.42. The number of hydrogen-bond donors (Lipinski definition) is 0. The average Bonchev–Trinajstić information content (AvgIpc) is 2.56. The maximum Gasteiger partial charge on any atom is 0.0705 e. The first-order valence-electron chi connectivity index (χ1n) is 7.52. The minimum absolute atomic E-state index is 0.392. The van der Waals surface area contributed by atoms with E-state index in [-0.39, 0.29) is 0 Å². The number of aromatic nitrogens is 3. The molecule has 0 N–H and O–H groups in total. The second kappa shape index (κ2) is 6.62. The van der Waals surface area contributed by atoms with E-state index < -0.39 is 0 Å². The van der Waals surface area contributed by atoms with Crippen molar-refractivity contribution in [3.63, 3.8) is 0 Å². The Balaban J connectivity index is 1.74. The van der Waals surface area contributed by atoms with Crippen molar-refractivity contribution >= 4 is 10.9 Å². The van der Waals surface area contributed by atoms with Crippen LogP contribution in [0.15, 0.2) is 55.1 Å². The molecule has 2 aromatic heterocycles. The third-order valence-corrected chi connectivity index (χ3v) is 4.03. The highest BCUT2D eigenvalue weighted by atomic mass is 15.1. The molecule has 0 fully saturated rings. The Labute approximate surface area is 130 Å². The second-order valence-corrected chi connectivity index (χ2v) is 5.65. The van der Waals surface area contributed by atoms with Crippen LogP contribution in [-0.2, 0) is 13.0 Å². The minimum atomic E-state index is 0.392. The molecule has 0 unspecified atom stereocenters. The number of likely N-dealkylation sites (N-methyl/N-ethyl adjacent to an activating group) is 1. The molecule has 0 amide bonds. The van der Waals surface area contributed by atoms with Crippen LogP contribution < -0.4 is 0 Å². The molecule has 112 valence electrons. The van der Waals surface area contributed by atoms with Crippen LogP contribution in [0.2, 0.25) is 0 Å². The molecular formula is C18H20N4. The van der Waals surface area contributed by atoms with Crippen molar-refractivity contribution in [1.82, 2.24) is 19.9 Å². The Morgan fingerprint density at radius 2 is 1.91 bits per heavy atom. The van der Waals surface area contributed by atoms with Crippen LogP contribution in [0.25, 0.3) is 10.9 Å². The van der Waals surface area contributed by atoms with Gasteiger partial charge in [-0.15, -0.1) is 0 Å². The summed E-state index contributed by atoms with van der Waals surface area (Å²) in [5.41, 5.74) is 3.38. The fraction of sp³-hybridized carbons (Fsp3) is 0.278. The SMILES string of the molecule is C[C@@H](Cc1cnccn1)N(C)Cc1ccnc2ccccc12. The van der Waals surface area contributed by atoms with Gasteiger partial charge in [0.05, 0.1) is 11.2 Å². The predicted octanol–water partition coefficient (Wildman–Crippen LogP) is 3.09. The summed E-state index contributed by atoms with van der Waals surface area (Å²) in [6.07, 6.45) is 8.08. The van der Waals surface area contributed by atoms with E-state index in [9.17, 15) is 0 Å². The smallest absolute Gasteiger partial charge is 0.0705 e. The molecule has 0 aliphatic carbocycles. The van der Waals surface area contributed by atoms with Gasteiger partial charge in [0.2, 0.25) is 0 Å². The maximum absolute atomic E-state index is 4.42. The summed E-state index contributed by atoms with van der Waals surface area (Å²) in [7, 11) is 2.15. The van der Waals surface area contributed by atoms with E-state index in [1.807, 2.05) is 18.5 Å². The van der Waals surface area contributed by atoms with Gasteiger partial charge in [-0.1, -0.05) is 18.2 Å². The zero-order chi connectivity index (χ0) is 15.4. The zero-order valence-electron chi connectivity index (χ0n) is 13.0. The van der Waals surface area contributed by atoms with Gasteiger partial charge < -0.3 is 0 Å². The number of rotatable bonds is 5. The van der Waals surface area contributed by atoms with Crippen molar-refractivity contribution in [3.8, 4) is 0 Å². The van der Waals surface area contributed by atoms with Crippen molar-refractivity contribution in [1.29, 1.82) is 0 Å². The summed E-state index contributed by atoms with van der Waals surface area (Å²) < 4.78 is 0. The van der Waals surface area contributed by atoms with Crippen molar-refractivity contribution in [2.24, 2.45) is 0 Å². The third kappa shape index (κ3) is 3.28. The Bertz CT molecular complexity index is 737. The van der Waals surface area contributed by atoms with Crippen LogP contribution >= 0.6 is 0 Å². The van der Waals surface area contributed by atoms with E-state index in [1.165, 1.54) is 10.9 Å². The Kier molecular flexibility index (Phi) is 4.39. The van der Waals surface area contributed by atoms with Crippen LogP contribution in [0.4, 0.5) is 0 Å². The van der Waals surface area contributed by atoms with Gasteiger partial charge in [0.15, 0.2) is 0 Å².